The van der Waals surface area contributed by atoms with Crippen LogP contribution in [-0.4, -0.2) is 24.1 Å². The van der Waals surface area contributed by atoms with E-state index < -0.39 is 0 Å². The Hall–Kier alpha value is -6.58. The lowest BCUT2D eigenvalue weighted by Crippen LogP contribution is -2.10. The Labute approximate surface area is 321 Å². The minimum absolute atomic E-state index is 0.0200. The molecule has 55 heavy (non-hydrogen) atoms. The van der Waals surface area contributed by atoms with Crippen molar-refractivity contribution in [1.29, 1.82) is 5.26 Å². The van der Waals surface area contributed by atoms with Gasteiger partial charge in [-0.15, -0.1) is 0 Å². The maximum atomic E-state index is 10.7. The molecule has 0 N–H and O–H groups in total. The number of nitriles is 1. The standard InChI is InChI=1S/C49H42N6/c1-30-17-21-42-37(25-30)36-15-11-12-16-41(36)54(42)40-22-18-32(26-33(40)29-50)46-51-45(31-13-9-8-10-14-31)52-47(53-46)55-43-23-19-34(48(2,3)4)27-38(43)39-28-35(49(5,6)7)20-24-44(39)55/h8-28H,1-7H3. The zero-order valence-corrected chi connectivity index (χ0v) is 32.3. The van der Waals surface area contributed by atoms with Crippen LogP contribution in [0.1, 0.15) is 63.8 Å². The summed E-state index contributed by atoms with van der Waals surface area (Å²) in [5, 5.41) is 15.3. The van der Waals surface area contributed by atoms with Gasteiger partial charge in [-0.1, -0.05) is 114 Å². The van der Waals surface area contributed by atoms with Crippen LogP contribution in [0.2, 0.25) is 0 Å². The van der Waals surface area contributed by atoms with E-state index in [1.54, 1.807) is 0 Å². The van der Waals surface area contributed by atoms with E-state index in [0.29, 0.717) is 23.2 Å². The molecular formula is C49H42N6. The third-order valence-electron chi connectivity index (χ3n) is 10.8. The summed E-state index contributed by atoms with van der Waals surface area (Å²) in [7, 11) is 0. The van der Waals surface area contributed by atoms with Gasteiger partial charge in [-0.25, -0.2) is 4.98 Å². The van der Waals surface area contributed by atoms with E-state index in [9.17, 15) is 5.26 Å². The monoisotopic (exact) mass is 714 g/mol. The van der Waals surface area contributed by atoms with Gasteiger partial charge in [0.15, 0.2) is 11.6 Å². The molecule has 0 bridgehead atoms. The van der Waals surface area contributed by atoms with Gasteiger partial charge in [0.2, 0.25) is 5.95 Å². The second kappa shape index (κ2) is 12.5. The fraction of sp³-hybridized carbons (Fsp3) is 0.184. The number of aromatic nitrogens is 5. The largest absolute Gasteiger partial charge is 0.308 e. The minimum Gasteiger partial charge on any atom is -0.308 e. The Morgan fingerprint density at radius 3 is 1.67 bits per heavy atom. The molecule has 3 heterocycles. The van der Waals surface area contributed by atoms with Crippen LogP contribution in [0.3, 0.4) is 0 Å². The molecule has 0 atom stereocenters. The molecule has 6 nitrogen and oxygen atoms in total. The van der Waals surface area contributed by atoms with Gasteiger partial charge in [-0.05, 0) is 89.5 Å². The van der Waals surface area contributed by atoms with Crippen molar-refractivity contribution >= 4 is 43.6 Å². The van der Waals surface area contributed by atoms with Crippen LogP contribution in [0.15, 0.2) is 127 Å². The van der Waals surface area contributed by atoms with Crippen LogP contribution in [-0.2, 0) is 10.8 Å². The van der Waals surface area contributed by atoms with Gasteiger partial charge in [0, 0.05) is 32.7 Å². The highest BCUT2D eigenvalue weighted by molar-refractivity contribution is 6.10. The summed E-state index contributed by atoms with van der Waals surface area (Å²) in [5.74, 6) is 1.59. The summed E-state index contributed by atoms with van der Waals surface area (Å²) in [4.78, 5) is 15.4. The molecule has 0 unspecified atom stereocenters. The predicted molar refractivity (Wildman–Crippen MR) is 226 cm³/mol. The van der Waals surface area contributed by atoms with Crippen molar-refractivity contribution in [2.24, 2.45) is 0 Å². The van der Waals surface area contributed by atoms with E-state index in [2.05, 4.69) is 136 Å². The second-order valence-corrected chi connectivity index (χ2v) is 16.7. The van der Waals surface area contributed by atoms with E-state index in [4.69, 9.17) is 15.0 Å². The highest BCUT2D eigenvalue weighted by Crippen LogP contribution is 2.39. The molecule has 0 saturated carbocycles. The topological polar surface area (TPSA) is 72.3 Å². The first-order valence-electron chi connectivity index (χ1n) is 18.8. The first-order chi connectivity index (χ1) is 26.4. The third-order valence-corrected chi connectivity index (χ3v) is 10.8. The number of para-hydroxylation sites is 1. The van der Waals surface area contributed by atoms with Gasteiger partial charge < -0.3 is 4.57 Å². The highest BCUT2D eigenvalue weighted by atomic mass is 15.2. The number of aryl methyl sites for hydroxylation is 1. The van der Waals surface area contributed by atoms with Gasteiger partial charge in [0.25, 0.3) is 0 Å². The zero-order valence-electron chi connectivity index (χ0n) is 32.3. The first-order valence-corrected chi connectivity index (χ1v) is 18.8. The molecule has 9 aromatic rings. The summed E-state index contributed by atoms with van der Waals surface area (Å²) >= 11 is 0. The highest BCUT2D eigenvalue weighted by Gasteiger charge is 2.23. The quantitative estimate of drug-likeness (QED) is 0.182. The van der Waals surface area contributed by atoms with Gasteiger partial charge in [-0.2, -0.15) is 15.2 Å². The molecule has 0 aliphatic rings. The normalized spacial score (nSPS) is 12.3. The van der Waals surface area contributed by atoms with Crippen molar-refractivity contribution in [1.82, 2.24) is 24.1 Å². The molecule has 0 aliphatic carbocycles. The summed E-state index contributed by atoms with van der Waals surface area (Å²) in [6, 6.07) is 46.9. The summed E-state index contributed by atoms with van der Waals surface area (Å²) in [6.45, 7) is 15.6. The SMILES string of the molecule is Cc1ccc2c(c1)c1ccccc1n2-c1ccc(-c2nc(-c3ccccc3)nc(-n3c4ccc(C(C)(C)C)cc4c4cc(C(C)(C)C)ccc43)n2)cc1C#N. The molecule has 0 fully saturated rings. The molecule has 0 aliphatic heterocycles. The number of fused-ring (bicyclic) bond motifs is 6. The number of hydrogen-bond donors (Lipinski definition) is 0. The molecule has 6 aromatic carbocycles. The zero-order chi connectivity index (χ0) is 38.2. The Morgan fingerprint density at radius 2 is 1.04 bits per heavy atom. The van der Waals surface area contributed by atoms with E-state index in [-0.39, 0.29) is 10.8 Å². The summed E-state index contributed by atoms with van der Waals surface area (Å²) in [6.07, 6.45) is 0. The van der Waals surface area contributed by atoms with E-state index >= 15 is 0 Å². The minimum atomic E-state index is -0.0200. The number of hydrogen-bond acceptors (Lipinski definition) is 4. The van der Waals surface area contributed by atoms with Gasteiger partial charge in [-0.3, -0.25) is 4.57 Å². The van der Waals surface area contributed by atoms with Crippen LogP contribution in [0.25, 0.3) is 78.0 Å². The molecule has 9 rings (SSSR count). The van der Waals surface area contributed by atoms with Crippen molar-refractivity contribution in [3.8, 4) is 40.5 Å². The summed E-state index contributed by atoms with van der Waals surface area (Å²) < 4.78 is 4.36. The Bertz CT molecular complexity index is 2940. The lowest BCUT2D eigenvalue weighted by Gasteiger charge is -2.19. The molecule has 0 spiro atoms. The van der Waals surface area contributed by atoms with Crippen LogP contribution in [0.5, 0.6) is 0 Å². The third kappa shape index (κ3) is 5.75. The van der Waals surface area contributed by atoms with Crippen molar-refractivity contribution < 1.29 is 0 Å². The Morgan fingerprint density at radius 1 is 0.491 bits per heavy atom. The van der Waals surface area contributed by atoms with Crippen LogP contribution < -0.4 is 0 Å². The second-order valence-electron chi connectivity index (χ2n) is 16.7. The smallest absolute Gasteiger partial charge is 0.238 e. The average molecular weight is 715 g/mol. The molecule has 0 radical (unpaired) electrons. The maximum absolute atomic E-state index is 10.7. The fourth-order valence-corrected chi connectivity index (χ4v) is 7.79. The van der Waals surface area contributed by atoms with Crippen molar-refractivity contribution in [3.05, 3.63) is 150 Å². The molecule has 268 valence electrons. The average Bonchev–Trinajstić information content (AvgIpc) is 3.69. The lowest BCUT2D eigenvalue weighted by molar-refractivity contribution is 0.590. The van der Waals surface area contributed by atoms with Crippen LogP contribution in [0, 0.1) is 18.3 Å². The van der Waals surface area contributed by atoms with Crippen molar-refractivity contribution in [3.63, 3.8) is 0 Å². The number of benzene rings is 6. The Kier molecular flexibility index (Phi) is 7.77. The molecular weight excluding hydrogens is 673 g/mol. The predicted octanol–water partition coefficient (Wildman–Crippen LogP) is 12.2. The number of nitrogens with zero attached hydrogens (tertiary/aromatic N) is 6. The number of rotatable bonds is 4. The van der Waals surface area contributed by atoms with E-state index in [1.807, 2.05) is 54.6 Å². The maximum Gasteiger partial charge on any atom is 0.238 e. The van der Waals surface area contributed by atoms with E-state index in [1.165, 1.54) is 16.7 Å². The van der Waals surface area contributed by atoms with Gasteiger partial charge in [0.1, 0.15) is 6.07 Å². The van der Waals surface area contributed by atoms with Crippen LogP contribution in [0.4, 0.5) is 0 Å². The van der Waals surface area contributed by atoms with Gasteiger partial charge >= 0.3 is 0 Å². The lowest BCUT2D eigenvalue weighted by atomic mass is 9.85. The molecule has 3 aromatic heterocycles. The first kappa shape index (κ1) is 34.2. The molecule has 0 amide bonds. The molecule has 0 saturated heterocycles. The van der Waals surface area contributed by atoms with E-state index in [0.717, 1.165) is 60.4 Å². The molecule has 6 heteroatoms. The van der Waals surface area contributed by atoms with Crippen molar-refractivity contribution in [2.45, 2.75) is 59.3 Å². The fourth-order valence-electron chi connectivity index (χ4n) is 7.79. The van der Waals surface area contributed by atoms with Crippen LogP contribution >= 0.6 is 0 Å². The van der Waals surface area contributed by atoms with Crippen molar-refractivity contribution in [2.75, 3.05) is 0 Å². The Balaban J connectivity index is 1.29. The van der Waals surface area contributed by atoms with Gasteiger partial charge in [0.05, 0.1) is 33.3 Å². The summed E-state index contributed by atoms with van der Waals surface area (Å²) in [5.41, 5.74) is 10.8.